The summed E-state index contributed by atoms with van der Waals surface area (Å²) in [6.07, 6.45) is 8.31. The summed E-state index contributed by atoms with van der Waals surface area (Å²) in [5.41, 5.74) is 4.65. The maximum Gasteiger partial charge on any atom is 0.294 e. The van der Waals surface area contributed by atoms with Crippen LogP contribution in [-0.2, 0) is 6.42 Å². The van der Waals surface area contributed by atoms with Crippen LogP contribution in [0.4, 0.5) is 0 Å². The number of rotatable bonds is 3. The largest absolute Gasteiger partial charge is 0.444 e. The van der Waals surface area contributed by atoms with Gasteiger partial charge in [0.2, 0.25) is 0 Å². The Morgan fingerprint density at radius 1 is 0.543 bits per heavy atom. The van der Waals surface area contributed by atoms with Gasteiger partial charge in [-0.3, -0.25) is 0 Å². The van der Waals surface area contributed by atoms with Crippen LogP contribution in [0.2, 0.25) is 0 Å². The molecule has 5 aromatic carbocycles. The number of fused-ring (bicyclic) bond motifs is 6. The molecule has 0 amide bonds. The molecule has 2 heteroatoms. The lowest BCUT2D eigenvalue weighted by Gasteiger charge is -2.40. The molecule has 1 unspecified atom stereocenters. The summed E-state index contributed by atoms with van der Waals surface area (Å²) in [5, 5.41) is 4.80. The van der Waals surface area contributed by atoms with Gasteiger partial charge in [0.1, 0.15) is 11.5 Å². The van der Waals surface area contributed by atoms with Gasteiger partial charge in [0.05, 0.1) is 0 Å². The molecule has 0 saturated heterocycles. The van der Waals surface area contributed by atoms with Crippen molar-refractivity contribution in [2.75, 3.05) is 0 Å². The zero-order valence-corrected chi connectivity index (χ0v) is 19.3. The quantitative estimate of drug-likeness (QED) is 0.275. The van der Waals surface area contributed by atoms with E-state index in [1.165, 1.54) is 27.1 Å². The Bertz CT molecular complexity index is 1640. The van der Waals surface area contributed by atoms with Crippen LogP contribution in [0.3, 0.4) is 0 Å². The molecule has 0 bridgehead atoms. The van der Waals surface area contributed by atoms with E-state index in [-0.39, 0.29) is 0 Å². The second-order valence-corrected chi connectivity index (χ2v) is 9.26. The number of aryl methyl sites for hydroxylation is 1. The SMILES string of the molecule is C1=CC2(Oc3ccc4ccccc4c31)Oc1ccc3ccccc3c1C=C2CCc1ccccc1. The molecule has 0 radical (unpaired) electrons. The van der Waals surface area contributed by atoms with Crippen molar-refractivity contribution in [3.8, 4) is 11.5 Å². The second kappa shape index (κ2) is 7.89. The number of hydrogen-bond donors (Lipinski definition) is 0. The summed E-state index contributed by atoms with van der Waals surface area (Å²) in [4.78, 5) is 0. The van der Waals surface area contributed by atoms with Gasteiger partial charge in [0.25, 0.3) is 5.79 Å². The van der Waals surface area contributed by atoms with Crippen LogP contribution in [0.15, 0.2) is 115 Å². The Morgan fingerprint density at radius 3 is 1.86 bits per heavy atom. The first-order chi connectivity index (χ1) is 17.3. The smallest absolute Gasteiger partial charge is 0.294 e. The Hall–Kier alpha value is -4.30. The van der Waals surface area contributed by atoms with Crippen molar-refractivity contribution in [2.45, 2.75) is 18.6 Å². The third kappa shape index (κ3) is 3.33. The molecule has 0 aliphatic carbocycles. The van der Waals surface area contributed by atoms with Gasteiger partial charge in [-0.1, -0.05) is 91.0 Å². The normalized spacial score (nSPS) is 18.0. The standard InChI is InChI=1S/C33H24O2/c1-2-8-23(9-3-1)14-17-26-22-30-28-13-7-5-11-25(28)16-19-32(30)35-33(26)21-20-29-27-12-6-4-10-24(27)15-18-31(29)34-33/h1-13,15-16,18-22H,14,17H2. The van der Waals surface area contributed by atoms with Gasteiger partial charge in [-0.05, 0) is 64.2 Å². The molecule has 0 fully saturated rings. The summed E-state index contributed by atoms with van der Waals surface area (Å²) < 4.78 is 13.5. The number of hydrogen-bond acceptors (Lipinski definition) is 2. The lowest BCUT2D eigenvalue weighted by atomic mass is 9.89. The van der Waals surface area contributed by atoms with E-state index in [4.69, 9.17) is 9.47 Å². The fourth-order valence-electron chi connectivity index (χ4n) is 5.34. The molecule has 2 nitrogen and oxygen atoms in total. The number of benzene rings is 5. The van der Waals surface area contributed by atoms with E-state index >= 15 is 0 Å². The highest BCUT2D eigenvalue weighted by atomic mass is 16.7. The van der Waals surface area contributed by atoms with Crippen molar-refractivity contribution in [1.29, 1.82) is 0 Å². The molecule has 7 rings (SSSR count). The fourth-order valence-corrected chi connectivity index (χ4v) is 5.34. The maximum atomic E-state index is 6.76. The van der Waals surface area contributed by atoms with Crippen LogP contribution in [0.25, 0.3) is 33.7 Å². The molecule has 2 heterocycles. The lowest BCUT2D eigenvalue weighted by molar-refractivity contribution is -0.0433. The van der Waals surface area contributed by atoms with E-state index in [1.807, 2.05) is 0 Å². The summed E-state index contributed by atoms with van der Waals surface area (Å²) in [6.45, 7) is 0. The molecule has 1 atom stereocenters. The van der Waals surface area contributed by atoms with Gasteiger partial charge in [-0.15, -0.1) is 0 Å². The van der Waals surface area contributed by atoms with Crippen molar-refractivity contribution in [1.82, 2.24) is 0 Å². The van der Waals surface area contributed by atoms with Crippen LogP contribution in [-0.4, -0.2) is 5.79 Å². The highest BCUT2D eigenvalue weighted by Gasteiger charge is 2.42. The average molecular weight is 453 g/mol. The number of ether oxygens (including phenoxy) is 2. The summed E-state index contributed by atoms with van der Waals surface area (Å²) in [7, 11) is 0. The third-order valence-electron chi connectivity index (χ3n) is 7.15. The van der Waals surface area contributed by atoms with E-state index in [9.17, 15) is 0 Å². The first-order valence-electron chi connectivity index (χ1n) is 12.1. The molecular formula is C33H24O2. The molecular weight excluding hydrogens is 428 g/mol. The minimum Gasteiger partial charge on any atom is -0.444 e. The highest BCUT2D eigenvalue weighted by molar-refractivity contribution is 5.96. The summed E-state index contributed by atoms with van der Waals surface area (Å²) in [6, 6.07) is 35.9. The van der Waals surface area contributed by atoms with Gasteiger partial charge in [0, 0.05) is 22.8 Å². The summed E-state index contributed by atoms with van der Waals surface area (Å²) >= 11 is 0. The predicted molar refractivity (Wildman–Crippen MR) is 144 cm³/mol. The molecule has 0 N–H and O–H groups in total. The lowest BCUT2D eigenvalue weighted by Crippen LogP contribution is -2.45. The summed E-state index contributed by atoms with van der Waals surface area (Å²) in [5.74, 6) is 0.738. The van der Waals surface area contributed by atoms with Crippen molar-refractivity contribution in [3.63, 3.8) is 0 Å². The Kier molecular flexibility index (Phi) is 4.53. The van der Waals surface area contributed by atoms with E-state index in [0.717, 1.165) is 41.0 Å². The zero-order valence-electron chi connectivity index (χ0n) is 19.3. The van der Waals surface area contributed by atoms with Crippen LogP contribution < -0.4 is 9.47 Å². The van der Waals surface area contributed by atoms with E-state index < -0.39 is 5.79 Å². The molecule has 2 aliphatic rings. The van der Waals surface area contributed by atoms with Gasteiger partial charge in [-0.25, -0.2) is 0 Å². The Labute approximate surface area is 204 Å². The van der Waals surface area contributed by atoms with Crippen molar-refractivity contribution in [2.24, 2.45) is 0 Å². The molecule has 5 aromatic rings. The Morgan fingerprint density at radius 2 is 1.14 bits per heavy atom. The van der Waals surface area contributed by atoms with E-state index in [2.05, 4.69) is 121 Å². The first-order valence-corrected chi connectivity index (χ1v) is 12.1. The fraction of sp³-hybridized carbons (Fsp3) is 0.0909. The molecule has 168 valence electrons. The van der Waals surface area contributed by atoms with Crippen molar-refractivity contribution < 1.29 is 9.47 Å². The third-order valence-corrected chi connectivity index (χ3v) is 7.15. The van der Waals surface area contributed by atoms with Crippen molar-refractivity contribution >= 4 is 33.7 Å². The van der Waals surface area contributed by atoms with E-state index in [0.29, 0.717) is 0 Å². The van der Waals surface area contributed by atoms with Crippen LogP contribution in [0.1, 0.15) is 23.1 Å². The second-order valence-electron chi connectivity index (χ2n) is 9.26. The molecule has 0 saturated carbocycles. The van der Waals surface area contributed by atoms with Crippen LogP contribution >= 0.6 is 0 Å². The minimum atomic E-state index is -0.959. The molecule has 35 heavy (non-hydrogen) atoms. The highest BCUT2D eigenvalue weighted by Crippen LogP contribution is 2.46. The monoisotopic (exact) mass is 452 g/mol. The maximum absolute atomic E-state index is 6.76. The Balaban J connectivity index is 1.36. The van der Waals surface area contributed by atoms with Gasteiger partial charge >= 0.3 is 0 Å². The molecule has 2 aliphatic heterocycles. The minimum absolute atomic E-state index is 0.833. The van der Waals surface area contributed by atoms with Gasteiger partial charge in [0.15, 0.2) is 0 Å². The van der Waals surface area contributed by atoms with Crippen molar-refractivity contribution in [3.05, 3.63) is 131 Å². The van der Waals surface area contributed by atoms with Gasteiger partial charge in [-0.2, -0.15) is 0 Å². The molecule has 0 aromatic heterocycles. The van der Waals surface area contributed by atoms with Crippen LogP contribution in [0.5, 0.6) is 11.5 Å². The topological polar surface area (TPSA) is 18.5 Å². The predicted octanol–water partition coefficient (Wildman–Crippen LogP) is 8.20. The molecule has 1 spiro atoms. The average Bonchev–Trinajstić information content (AvgIpc) is 2.92. The zero-order chi connectivity index (χ0) is 23.2. The van der Waals surface area contributed by atoms with Crippen LogP contribution in [0, 0.1) is 0 Å². The van der Waals surface area contributed by atoms with Gasteiger partial charge < -0.3 is 9.47 Å². The van der Waals surface area contributed by atoms with E-state index in [1.54, 1.807) is 0 Å². The first kappa shape index (κ1) is 20.1.